The summed E-state index contributed by atoms with van der Waals surface area (Å²) < 4.78 is 0. The Morgan fingerprint density at radius 1 is 1.61 bits per heavy atom. The van der Waals surface area contributed by atoms with Gasteiger partial charge < -0.3 is 4.90 Å². The molecule has 5 nitrogen and oxygen atoms in total. The standard InChI is InChI=1S/C12H17N3O2S/c1-2-8-5-11(16)15(6-8)7-9-3-4-10(18-9)12(17)14-13/h3-4,8H,2,5-7,13H2,1H3,(H,14,17). The number of nitrogens with one attached hydrogen (secondary N) is 1. The summed E-state index contributed by atoms with van der Waals surface area (Å²) in [5.74, 6) is 5.48. The van der Waals surface area contributed by atoms with Crippen LogP contribution in [0.5, 0.6) is 0 Å². The highest BCUT2D eigenvalue weighted by Crippen LogP contribution is 2.25. The molecule has 1 aromatic heterocycles. The SMILES string of the molecule is CCC1CC(=O)N(Cc2ccc(C(=O)NN)s2)C1. The number of hydrogen-bond acceptors (Lipinski definition) is 4. The number of nitrogen functional groups attached to an aromatic ring is 1. The molecule has 1 aliphatic rings. The first-order valence-electron chi connectivity index (χ1n) is 6.01. The maximum Gasteiger partial charge on any atom is 0.275 e. The molecule has 1 saturated heterocycles. The molecule has 0 saturated carbocycles. The lowest BCUT2D eigenvalue weighted by atomic mass is 10.1. The van der Waals surface area contributed by atoms with E-state index < -0.39 is 0 Å². The normalized spacial score (nSPS) is 19.3. The third kappa shape index (κ3) is 2.70. The first kappa shape index (κ1) is 13.0. The first-order valence-corrected chi connectivity index (χ1v) is 6.83. The molecule has 3 N–H and O–H groups in total. The van der Waals surface area contributed by atoms with Crippen molar-refractivity contribution in [3.8, 4) is 0 Å². The number of nitrogens with two attached hydrogens (primary N) is 1. The average Bonchev–Trinajstić information content (AvgIpc) is 2.97. The van der Waals surface area contributed by atoms with Crippen LogP contribution in [-0.2, 0) is 11.3 Å². The molecule has 0 spiro atoms. The lowest BCUT2D eigenvalue weighted by Crippen LogP contribution is -2.29. The second-order valence-corrected chi connectivity index (χ2v) is 5.66. The summed E-state index contributed by atoms with van der Waals surface area (Å²) in [6.45, 7) is 3.53. The van der Waals surface area contributed by atoms with E-state index in [4.69, 9.17) is 5.84 Å². The zero-order valence-corrected chi connectivity index (χ0v) is 11.1. The molecule has 0 aromatic carbocycles. The van der Waals surface area contributed by atoms with Crippen molar-refractivity contribution < 1.29 is 9.59 Å². The second-order valence-electron chi connectivity index (χ2n) is 4.49. The van der Waals surface area contributed by atoms with Crippen LogP contribution >= 0.6 is 11.3 Å². The van der Waals surface area contributed by atoms with E-state index in [1.807, 2.05) is 11.0 Å². The van der Waals surface area contributed by atoms with Gasteiger partial charge in [0.15, 0.2) is 0 Å². The average molecular weight is 267 g/mol. The third-order valence-corrected chi connectivity index (χ3v) is 4.30. The van der Waals surface area contributed by atoms with Gasteiger partial charge in [-0.1, -0.05) is 13.3 Å². The summed E-state index contributed by atoms with van der Waals surface area (Å²) in [5.41, 5.74) is 2.10. The largest absolute Gasteiger partial charge is 0.337 e. The molecule has 0 aliphatic carbocycles. The molecule has 2 rings (SSSR count). The van der Waals surface area contributed by atoms with Crippen LogP contribution in [0.2, 0.25) is 0 Å². The van der Waals surface area contributed by atoms with Crippen LogP contribution in [0.4, 0.5) is 0 Å². The fourth-order valence-electron chi connectivity index (χ4n) is 2.12. The molecule has 2 amide bonds. The fraction of sp³-hybridized carbons (Fsp3) is 0.500. The molecule has 98 valence electrons. The first-order chi connectivity index (χ1) is 8.63. The van der Waals surface area contributed by atoms with Crippen molar-refractivity contribution in [1.29, 1.82) is 0 Å². The van der Waals surface area contributed by atoms with Crippen molar-refractivity contribution in [1.82, 2.24) is 10.3 Å². The number of thiophene rings is 1. The van der Waals surface area contributed by atoms with Gasteiger partial charge in [-0.25, -0.2) is 5.84 Å². The predicted molar refractivity (Wildman–Crippen MR) is 69.8 cm³/mol. The predicted octanol–water partition coefficient (Wildman–Crippen LogP) is 1.11. The summed E-state index contributed by atoms with van der Waals surface area (Å²) in [7, 11) is 0. The van der Waals surface area contributed by atoms with Crippen LogP contribution in [-0.4, -0.2) is 23.3 Å². The minimum absolute atomic E-state index is 0.208. The Hall–Kier alpha value is -1.40. The van der Waals surface area contributed by atoms with Gasteiger partial charge in [0, 0.05) is 17.8 Å². The number of nitrogens with zero attached hydrogens (tertiary/aromatic N) is 1. The van der Waals surface area contributed by atoms with Crippen molar-refractivity contribution in [2.45, 2.75) is 26.3 Å². The number of carbonyl (C=O) groups is 2. The third-order valence-electron chi connectivity index (χ3n) is 3.24. The quantitative estimate of drug-likeness (QED) is 0.487. The van der Waals surface area contributed by atoms with Crippen molar-refractivity contribution in [3.05, 3.63) is 21.9 Å². The fourth-order valence-corrected chi connectivity index (χ4v) is 3.05. The zero-order valence-electron chi connectivity index (χ0n) is 10.3. The monoisotopic (exact) mass is 267 g/mol. The van der Waals surface area contributed by atoms with Crippen molar-refractivity contribution in [3.63, 3.8) is 0 Å². The molecule has 2 heterocycles. The molecule has 6 heteroatoms. The van der Waals surface area contributed by atoms with Crippen LogP contribution < -0.4 is 11.3 Å². The minimum Gasteiger partial charge on any atom is -0.337 e. The van der Waals surface area contributed by atoms with E-state index in [0.29, 0.717) is 23.8 Å². The van der Waals surface area contributed by atoms with Gasteiger partial charge in [-0.2, -0.15) is 0 Å². The molecular weight excluding hydrogens is 250 g/mol. The van der Waals surface area contributed by atoms with Crippen LogP contribution in [0.15, 0.2) is 12.1 Å². The molecule has 0 bridgehead atoms. The lowest BCUT2D eigenvalue weighted by Gasteiger charge is -2.14. The maximum absolute atomic E-state index is 11.8. The van der Waals surface area contributed by atoms with E-state index in [2.05, 4.69) is 12.3 Å². The zero-order chi connectivity index (χ0) is 13.1. The van der Waals surface area contributed by atoms with Gasteiger partial charge in [-0.3, -0.25) is 15.0 Å². The van der Waals surface area contributed by atoms with E-state index in [9.17, 15) is 9.59 Å². The van der Waals surface area contributed by atoms with Gasteiger partial charge in [-0.05, 0) is 18.1 Å². The van der Waals surface area contributed by atoms with Crippen LogP contribution in [0, 0.1) is 5.92 Å². The molecule has 1 unspecified atom stereocenters. The molecule has 1 aromatic rings. The molecule has 18 heavy (non-hydrogen) atoms. The van der Waals surface area contributed by atoms with Gasteiger partial charge in [0.1, 0.15) is 0 Å². The van der Waals surface area contributed by atoms with Crippen LogP contribution in [0.3, 0.4) is 0 Å². The van der Waals surface area contributed by atoms with Gasteiger partial charge in [-0.15, -0.1) is 11.3 Å². The topological polar surface area (TPSA) is 75.4 Å². The number of hydrazine groups is 1. The summed E-state index contributed by atoms with van der Waals surface area (Å²) in [5, 5.41) is 0. The Morgan fingerprint density at radius 2 is 2.39 bits per heavy atom. The lowest BCUT2D eigenvalue weighted by molar-refractivity contribution is -0.128. The Kier molecular flexibility index (Phi) is 3.98. The molecular formula is C12H17N3O2S. The van der Waals surface area contributed by atoms with Gasteiger partial charge in [0.05, 0.1) is 11.4 Å². The Morgan fingerprint density at radius 3 is 3.00 bits per heavy atom. The van der Waals surface area contributed by atoms with E-state index in [1.54, 1.807) is 6.07 Å². The van der Waals surface area contributed by atoms with Gasteiger partial charge in [0.2, 0.25) is 5.91 Å². The highest BCUT2D eigenvalue weighted by atomic mass is 32.1. The Balaban J connectivity index is 2.00. The van der Waals surface area contributed by atoms with Crippen molar-refractivity contribution in [2.24, 2.45) is 11.8 Å². The Labute approximate surface area is 110 Å². The van der Waals surface area contributed by atoms with Crippen LogP contribution in [0.1, 0.15) is 34.3 Å². The van der Waals surface area contributed by atoms with Gasteiger partial charge >= 0.3 is 0 Å². The van der Waals surface area contributed by atoms with Gasteiger partial charge in [0.25, 0.3) is 5.91 Å². The van der Waals surface area contributed by atoms with E-state index in [-0.39, 0.29) is 11.8 Å². The van der Waals surface area contributed by atoms with Crippen LogP contribution in [0.25, 0.3) is 0 Å². The number of carbonyl (C=O) groups excluding carboxylic acids is 2. The number of rotatable bonds is 4. The highest BCUT2D eigenvalue weighted by Gasteiger charge is 2.28. The summed E-state index contributed by atoms with van der Waals surface area (Å²) in [6, 6.07) is 3.61. The number of hydrogen-bond donors (Lipinski definition) is 2. The van der Waals surface area contributed by atoms with Crippen molar-refractivity contribution in [2.75, 3.05) is 6.54 Å². The van der Waals surface area contributed by atoms with E-state index in [1.165, 1.54) is 11.3 Å². The van der Waals surface area contributed by atoms with E-state index in [0.717, 1.165) is 17.8 Å². The second kappa shape index (κ2) is 5.49. The summed E-state index contributed by atoms with van der Waals surface area (Å²) in [6.07, 6.45) is 1.69. The number of likely N-dealkylation sites (tertiary alicyclic amines) is 1. The number of amides is 2. The molecule has 1 atom stereocenters. The Bertz CT molecular complexity index is 458. The summed E-state index contributed by atoms with van der Waals surface area (Å²) in [4.78, 5) is 26.5. The van der Waals surface area contributed by atoms with E-state index >= 15 is 0 Å². The highest BCUT2D eigenvalue weighted by molar-refractivity contribution is 7.14. The maximum atomic E-state index is 11.8. The smallest absolute Gasteiger partial charge is 0.275 e. The van der Waals surface area contributed by atoms with Crippen molar-refractivity contribution >= 4 is 23.2 Å². The summed E-state index contributed by atoms with van der Waals surface area (Å²) >= 11 is 1.38. The molecule has 0 radical (unpaired) electrons. The molecule has 1 fully saturated rings. The molecule has 1 aliphatic heterocycles. The minimum atomic E-state index is -0.287.